The second-order valence-electron chi connectivity index (χ2n) is 3.88. The Morgan fingerprint density at radius 2 is 2.06 bits per heavy atom. The lowest BCUT2D eigenvalue weighted by Crippen LogP contribution is -2.25. The van der Waals surface area contributed by atoms with E-state index in [0.717, 1.165) is 23.6 Å². The molecule has 0 aromatic carbocycles. The molecule has 6 nitrogen and oxygen atoms in total. The average Bonchev–Trinajstić information content (AvgIpc) is 2.78. The van der Waals surface area contributed by atoms with E-state index in [1.54, 1.807) is 30.4 Å². The summed E-state index contributed by atoms with van der Waals surface area (Å²) >= 11 is 0. The van der Waals surface area contributed by atoms with Crippen molar-refractivity contribution in [2.45, 2.75) is 13.0 Å². The van der Waals surface area contributed by atoms with Gasteiger partial charge in [-0.2, -0.15) is 5.10 Å². The summed E-state index contributed by atoms with van der Waals surface area (Å²) in [6.07, 6.45) is 6.83. The average molecular weight is 247 g/mol. The Labute approximate surface area is 106 Å². The van der Waals surface area contributed by atoms with Gasteiger partial charge in [0.2, 0.25) is 0 Å². The van der Waals surface area contributed by atoms with Gasteiger partial charge in [0.25, 0.3) is 0 Å². The van der Waals surface area contributed by atoms with Crippen molar-refractivity contribution in [2.75, 3.05) is 13.7 Å². The SMILES string of the molecule is CCNC(c1cncnc1)c1c(OC)cnn1C. The van der Waals surface area contributed by atoms with Gasteiger partial charge < -0.3 is 10.1 Å². The van der Waals surface area contributed by atoms with E-state index in [1.807, 2.05) is 7.05 Å². The largest absolute Gasteiger partial charge is 0.493 e. The van der Waals surface area contributed by atoms with Crippen molar-refractivity contribution in [1.29, 1.82) is 0 Å². The summed E-state index contributed by atoms with van der Waals surface area (Å²) in [6.45, 7) is 2.88. The number of aryl methyl sites for hydroxylation is 1. The predicted octanol–water partition coefficient (Wildman–Crippen LogP) is 0.918. The summed E-state index contributed by atoms with van der Waals surface area (Å²) in [4.78, 5) is 8.12. The molecular formula is C12H17N5O. The third kappa shape index (κ3) is 2.33. The van der Waals surface area contributed by atoms with Gasteiger partial charge >= 0.3 is 0 Å². The summed E-state index contributed by atoms with van der Waals surface area (Å²) < 4.78 is 7.16. The Hall–Kier alpha value is -1.95. The van der Waals surface area contributed by atoms with Crippen LogP contribution in [0.4, 0.5) is 0 Å². The molecule has 1 atom stereocenters. The lowest BCUT2D eigenvalue weighted by molar-refractivity contribution is 0.401. The van der Waals surface area contributed by atoms with Crippen LogP contribution in [0.3, 0.4) is 0 Å². The maximum Gasteiger partial charge on any atom is 0.161 e. The van der Waals surface area contributed by atoms with Gasteiger partial charge in [0, 0.05) is 25.0 Å². The van der Waals surface area contributed by atoms with E-state index < -0.39 is 0 Å². The van der Waals surface area contributed by atoms with Gasteiger partial charge in [0.1, 0.15) is 12.0 Å². The summed E-state index contributed by atoms with van der Waals surface area (Å²) in [7, 11) is 3.54. The molecule has 0 saturated carbocycles. The van der Waals surface area contributed by atoms with E-state index in [1.165, 1.54) is 6.33 Å². The number of nitrogens with one attached hydrogen (secondary N) is 1. The monoisotopic (exact) mass is 247 g/mol. The maximum atomic E-state index is 5.35. The van der Waals surface area contributed by atoms with Crippen molar-refractivity contribution < 1.29 is 4.74 Å². The number of aromatic nitrogens is 4. The quantitative estimate of drug-likeness (QED) is 0.851. The molecule has 0 saturated heterocycles. The third-order valence-electron chi connectivity index (χ3n) is 2.76. The van der Waals surface area contributed by atoms with E-state index in [4.69, 9.17) is 4.74 Å². The molecule has 0 bridgehead atoms. The number of ether oxygens (including phenoxy) is 1. The van der Waals surface area contributed by atoms with Crippen LogP contribution in [-0.2, 0) is 7.05 Å². The van der Waals surface area contributed by atoms with Gasteiger partial charge in [-0.15, -0.1) is 0 Å². The molecular weight excluding hydrogens is 230 g/mol. The Bertz CT molecular complexity index is 496. The first-order valence-electron chi connectivity index (χ1n) is 5.82. The van der Waals surface area contributed by atoms with Crippen LogP contribution in [0, 0.1) is 0 Å². The zero-order chi connectivity index (χ0) is 13.0. The molecule has 2 aromatic rings. The van der Waals surface area contributed by atoms with Crippen molar-refractivity contribution in [2.24, 2.45) is 7.05 Å². The van der Waals surface area contributed by atoms with E-state index in [2.05, 4.69) is 27.3 Å². The van der Waals surface area contributed by atoms with Crippen molar-refractivity contribution in [3.8, 4) is 5.75 Å². The zero-order valence-electron chi connectivity index (χ0n) is 10.8. The van der Waals surface area contributed by atoms with Crippen LogP contribution >= 0.6 is 0 Å². The van der Waals surface area contributed by atoms with E-state index in [0.29, 0.717) is 0 Å². The molecule has 18 heavy (non-hydrogen) atoms. The molecule has 0 amide bonds. The van der Waals surface area contributed by atoms with Crippen LogP contribution < -0.4 is 10.1 Å². The molecule has 0 spiro atoms. The Balaban J connectivity index is 2.44. The molecule has 2 rings (SSSR count). The fourth-order valence-corrected chi connectivity index (χ4v) is 1.95. The Morgan fingerprint density at radius 3 is 2.67 bits per heavy atom. The Morgan fingerprint density at radius 1 is 1.33 bits per heavy atom. The number of hydrogen-bond donors (Lipinski definition) is 1. The van der Waals surface area contributed by atoms with Gasteiger partial charge in [-0.1, -0.05) is 6.92 Å². The van der Waals surface area contributed by atoms with Gasteiger partial charge in [0.05, 0.1) is 19.3 Å². The standard InChI is InChI=1S/C12H17N5O/c1-4-15-11(9-5-13-8-14-6-9)12-10(18-3)7-16-17(12)2/h5-8,11,15H,4H2,1-3H3. The molecule has 0 fully saturated rings. The summed E-state index contributed by atoms with van der Waals surface area (Å²) in [5, 5.41) is 7.62. The predicted molar refractivity (Wildman–Crippen MR) is 67.3 cm³/mol. The second kappa shape index (κ2) is 5.59. The van der Waals surface area contributed by atoms with Gasteiger partial charge in [-0.05, 0) is 6.54 Å². The van der Waals surface area contributed by atoms with Crippen LogP contribution in [0.15, 0.2) is 24.9 Å². The van der Waals surface area contributed by atoms with Crippen LogP contribution in [0.25, 0.3) is 0 Å². The van der Waals surface area contributed by atoms with Crippen molar-refractivity contribution in [3.05, 3.63) is 36.2 Å². The van der Waals surface area contributed by atoms with E-state index in [-0.39, 0.29) is 6.04 Å². The first kappa shape index (κ1) is 12.5. The topological polar surface area (TPSA) is 64.9 Å². The van der Waals surface area contributed by atoms with Crippen molar-refractivity contribution in [3.63, 3.8) is 0 Å². The second-order valence-corrected chi connectivity index (χ2v) is 3.88. The summed E-state index contributed by atoms with van der Waals surface area (Å²) in [5.74, 6) is 0.757. The molecule has 2 heterocycles. The number of methoxy groups -OCH3 is 1. The molecule has 0 aliphatic rings. The molecule has 1 unspecified atom stereocenters. The minimum atomic E-state index is -0.0290. The molecule has 0 aliphatic carbocycles. The van der Waals surface area contributed by atoms with Gasteiger partial charge in [0.15, 0.2) is 5.75 Å². The first-order valence-corrected chi connectivity index (χ1v) is 5.82. The third-order valence-corrected chi connectivity index (χ3v) is 2.76. The summed E-state index contributed by atoms with van der Waals surface area (Å²) in [5.41, 5.74) is 1.95. The lowest BCUT2D eigenvalue weighted by atomic mass is 10.1. The molecule has 0 aliphatic heterocycles. The van der Waals surface area contributed by atoms with Crippen LogP contribution in [-0.4, -0.2) is 33.4 Å². The van der Waals surface area contributed by atoms with E-state index >= 15 is 0 Å². The molecule has 96 valence electrons. The fourth-order valence-electron chi connectivity index (χ4n) is 1.95. The zero-order valence-corrected chi connectivity index (χ0v) is 10.8. The number of hydrogen-bond acceptors (Lipinski definition) is 5. The van der Waals surface area contributed by atoms with Crippen LogP contribution in [0.1, 0.15) is 24.2 Å². The van der Waals surface area contributed by atoms with Gasteiger partial charge in [-0.25, -0.2) is 9.97 Å². The Kier molecular flexibility index (Phi) is 3.88. The van der Waals surface area contributed by atoms with Crippen molar-refractivity contribution >= 4 is 0 Å². The van der Waals surface area contributed by atoms with E-state index in [9.17, 15) is 0 Å². The van der Waals surface area contributed by atoms with Crippen molar-refractivity contribution in [1.82, 2.24) is 25.1 Å². The van der Waals surface area contributed by atoms with Gasteiger partial charge in [-0.3, -0.25) is 4.68 Å². The van der Waals surface area contributed by atoms with Crippen LogP contribution in [0.2, 0.25) is 0 Å². The maximum absolute atomic E-state index is 5.35. The smallest absolute Gasteiger partial charge is 0.161 e. The number of rotatable bonds is 5. The normalized spacial score (nSPS) is 12.4. The summed E-state index contributed by atoms with van der Waals surface area (Å²) in [6, 6.07) is -0.0290. The highest BCUT2D eigenvalue weighted by atomic mass is 16.5. The molecule has 0 radical (unpaired) electrons. The molecule has 6 heteroatoms. The molecule has 1 N–H and O–H groups in total. The molecule has 2 aromatic heterocycles. The highest BCUT2D eigenvalue weighted by molar-refractivity contribution is 5.34. The minimum absolute atomic E-state index is 0.0290. The first-order chi connectivity index (χ1) is 8.77. The lowest BCUT2D eigenvalue weighted by Gasteiger charge is -2.19. The number of nitrogens with zero attached hydrogens (tertiary/aromatic N) is 4. The highest BCUT2D eigenvalue weighted by Crippen LogP contribution is 2.28. The minimum Gasteiger partial charge on any atom is -0.493 e. The fraction of sp³-hybridized carbons (Fsp3) is 0.417. The highest BCUT2D eigenvalue weighted by Gasteiger charge is 2.22. The van der Waals surface area contributed by atoms with Crippen LogP contribution in [0.5, 0.6) is 5.75 Å².